The van der Waals surface area contributed by atoms with Gasteiger partial charge < -0.3 is 4.40 Å². The quantitative estimate of drug-likeness (QED) is 0.706. The van der Waals surface area contributed by atoms with Crippen LogP contribution in [0, 0.1) is 0 Å². The maximum Gasteiger partial charge on any atom is 0.0996 e. The van der Waals surface area contributed by atoms with Gasteiger partial charge in [-0.15, -0.1) is 0 Å². The Morgan fingerprint density at radius 1 is 1.58 bits per heavy atom. The van der Waals surface area contributed by atoms with E-state index < -0.39 is 0 Å². The second kappa shape index (κ2) is 3.07. The van der Waals surface area contributed by atoms with Crippen LogP contribution in [0.3, 0.4) is 0 Å². The molecule has 4 heteroatoms. The average Bonchev–Trinajstić information content (AvgIpc) is 2.49. The van der Waals surface area contributed by atoms with Crippen molar-refractivity contribution in [3.63, 3.8) is 0 Å². The fourth-order valence-electron chi connectivity index (χ4n) is 1.17. The van der Waals surface area contributed by atoms with Crippen LogP contribution in [-0.4, -0.2) is 9.38 Å². The van der Waals surface area contributed by atoms with Crippen LogP contribution in [0.1, 0.15) is 5.69 Å². The number of hydrogen-bond acceptors (Lipinski definition) is 1. The lowest BCUT2D eigenvalue weighted by atomic mass is 10.3. The normalized spacial score (nSPS) is 10.8. The SMILES string of the molecule is Clc1cccn2cnc(CBr)c12. The topological polar surface area (TPSA) is 17.3 Å². The summed E-state index contributed by atoms with van der Waals surface area (Å²) in [5.74, 6) is 0. The summed E-state index contributed by atoms with van der Waals surface area (Å²) in [6.07, 6.45) is 3.69. The van der Waals surface area contributed by atoms with E-state index in [0.29, 0.717) is 0 Å². The molecule has 0 N–H and O–H groups in total. The Bertz CT molecular complexity index is 410. The second-order valence-electron chi connectivity index (χ2n) is 2.44. The number of rotatable bonds is 1. The molecule has 0 amide bonds. The predicted octanol–water partition coefficient (Wildman–Crippen LogP) is 2.88. The lowest BCUT2D eigenvalue weighted by Crippen LogP contribution is -1.83. The van der Waals surface area contributed by atoms with E-state index in [4.69, 9.17) is 11.6 Å². The van der Waals surface area contributed by atoms with E-state index in [1.165, 1.54) is 0 Å². The second-order valence-corrected chi connectivity index (χ2v) is 3.40. The highest BCUT2D eigenvalue weighted by atomic mass is 79.9. The van der Waals surface area contributed by atoms with Crippen molar-refractivity contribution in [2.24, 2.45) is 0 Å². The van der Waals surface area contributed by atoms with E-state index in [9.17, 15) is 0 Å². The number of hydrogen-bond donors (Lipinski definition) is 0. The Balaban J connectivity index is 2.83. The van der Waals surface area contributed by atoms with Crippen LogP contribution in [-0.2, 0) is 5.33 Å². The van der Waals surface area contributed by atoms with Crippen molar-refractivity contribution in [2.45, 2.75) is 5.33 Å². The third-order valence-electron chi connectivity index (χ3n) is 1.71. The highest BCUT2D eigenvalue weighted by molar-refractivity contribution is 9.08. The first-order chi connectivity index (χ1) is 5.83. The number of pyridine rings is 1. The maximum absolute atomic E-state index is 6.00. The van der Waals surface area contributed by atoms with Gasteiger partial charge in [0.1, 0.15) is 0 Å². The van der Waals surface area contributed by atoms with Crippen LogP contribution >= 0.6 is 27.5 Å². The summed E-state index contributed by atoms with van der Waals surface area (Å²) >= 11 is 9.36. The van der Waals surface area contributed by atoms with Gasteiger partial charge in [0.2, 0.25) is 0 Å². The molecule has 0 aromatic carbocycles. The largest absolute Gasteiger partial charge is 0.305 e. The molecule has 0 saturated carbocycles. The summed E-state index contributed by atoms with van der Waals surface area (Å²) in [6, 6.07) is 3.76. The minimum absolute atomic E-state index is 0.729. The first-order valence-corrected chi connectivity index (χ1v) is 4.99. The summed E-state index contributed by atoms with van der Waals surface area (Å²) in [4.78, 5) is 4.21. The molecule has 0 spiro atoms. The van der Waals surface area contributed by atoms with Gasteiger partial charge in [-0.25, -0.2) is 4.98 Å². The van der Waals surface area contributed by atoms with Crippen molar-refractivity contribution < 1.29 is 0 Å². The van der Waals surface area contributed by atoms with Crippen LogP contribution in [0.15, 0.2) is 24.7 Å². The van der Waals surface area contributed by atoms with Crippen molar-refractivity contribution in [2.75, 3.05) is 0 Å². The molecular weight excluding hydrogens is 239 g/mol. The van der Waals surface area contributed by atoms with Gasteiger partial charge in [0.15, 0.2) is 0 Å². The minimum Gasteiger partial charge on any atom is -0.305 e. The van der Waals surface area contributed by atoms with Gasteiger partial charge >= 0.3 is 0 Å². The summed E-state index contributed by atoms with van der Waals surface area (Å²) in [5.41, 5.74) is 1.96. The summed E-state index contributed by atoms with van der Waals surface area (Å²) < 4.78 is 1.92. The smallest absolute Gasteiger partial charge is 0.0996 e. The number of alkyl halides is 1. The molecule has 0 unspecified atom stereocenters. The van der Waals surface area contributed by atoms with Gasteiger partial charge in [0.25, 0.3) is 0 Å². The molecule has 2 nitrogen and oxygen atoms in total. The molecule has 12 heavy (non-hydrogen) atoms. The van der Waals surface area contributed by atoms with E-state index in [1.54, 1.807) is 6.33 Å². The van der Waals surface area contributed by atoms with E-state index in [1.807, 2.05) is 22.7 Å². The number of nitrogens with zero attached hydrogens (tertiary/aromatic N) is 2. The molecule has 2 heterocycles. The van der Waals surface area contributed by atoms with Gasteiger partial charge in [-0.05, 0) is 12.1 Å². The van der Waals surface area contributed by atoms with Crippen LogP contribution < -0.4 is 0 Å². The van der Waals surface area contributed by atoms with Gasteiger partial charge in [-0.3, -0.25) is 0 Å². The van der Waals surface area contributed by atoms with Gasteiger partial charge in [-0.1, -0.05) is 27.5 Å². The maximum atomic E-state index is 6.00. The molecule has 0 aliphatic carbocycles. The number of fused-ring (bicyclic) bond motifs is 1. The molecule has 2 aromatic rings. The van der Waals surface area contributed by atoms with Crippen molar-refractivity contribution in [3.05, 3.63) is 35.4 Å². The Hall–Kier alpha value is -0.540. The van der Waals surface area contributed by atoms with Crippen molar-refractivity contribution >= 4 is 33.0 Å². The van der Waals surface area contributed by atoms with E-state index in [0.717, 1.165) is 21.6 Å². The highest BCUT2D eigenvalue weighted by Gasteiger charge is 2.05. The third-order valence-corrected chi connectivity index (χ3v) is 2.55. The Kier molecular flexibility index (Phi) is 2.07. The van der Waals surface area contributed by atoms with E-state index in [2.05, 4.69) is 20.9 Å². The highest BCUT2D eigenvalue weighted by Crippen LogP contribution is 2.21. The monoisotopic (exact) mass is 244 g/mol. The number of imidazole rings is 1. The third kappa shape index (κ3) is 1.13. The molecule has 0 fully saturated rings. The lowest BCUT2D eigenvalue weighted by Gasteiger charge is -1.96. The molecular formula is C8H6BrClN2. The minimum atomic E-state index is 0.729. The van der Waals surface area contributed by atoms with E-state index >= 15 is 0 Å². The first-order valence-electron chi connectivity index (χ1n) is 3.49. The fourth-order valence-corrected chi connectivity index (χ4v) is 1.86. The summed E-state index contributed by atoms with van der Waals surface area (Å²) in [6.45, 7) is 0. The molecule has 62 valence electrons. The standard InChI is InChI=1S/C8H6BrClN2/c9-4-7-8-6(10)2-1-3-12(8)5-11-7/h1-3,5H,4H2. The zero-order valence-electron chi connectivity index (χ0n) is 6.17. The average molecular weight is 246 g/mol. The molecule has 2 rings (SSSR count). The molecule has 0 aliphatic heterocycles. The summed E-state index contributed by atoms with van der Waals surface area (Å²) in [7, 11) is 0. The zero-order valence-corrected chi connectivity index (χ0v) is 8.51. The van der Waals surface area contributed by atoms with Crippen molar-refractivity contribution in [1.82, 2.24) is 9.38 Å². The van der Waals surface area contributed by atoms with Crippen LogP contribution in [0.25, 0.3) is 5.52 Å². The number of aromatic nitrogens is 2. The summed E-state index contributed by atoms with van der Waals surface area (Å²) in [5, 5.41) is 1.47. The molecule has 2 aromatic heterocycles. The van der Waals surface area contributed by atoms with Crippen LogP contribution in [0.5, 0.6) is 0 Å². The molecule has 0 saturated heterocycles. The van der Waals surface area contributed by atoms with Crippen LogP contribution in [0.4, 0.5) is 0 Å². The lowest BCUT2D eigenvalue weighted by molar-refractivity contribution is 1.15. The molecule has 0 aliphatic rings. The predicted molar refractivity (Wildman–Crippen MR) is 52.8 cm³/mol. The molecule has 0 radical (unpaired) electrons. The molecule has 0 atom stereocenters. The Labute approximate surface area is 83.3 Å². The van der Waals surface area contributed by atoms with Gasteiger partial charge in [0.05, 0.1) is 22.6 Å². The van der Waals surface area contributed by atoms with Crippen molar-refractivity contribution in [3.8, 4) is 0 Å². The Morgan fingerprint density at radius 2 is 2.42 bits per heavy atom. The van der Waals surface area contributed by atoms with Gasteiger partial charge in [-0.2, -0.15) is 0 Å². The first kappa shape index (κ1) is 8.08. The van der Waals surface area contributed by atoms with Crippen molar-refractivity contribution in [1.29, 1.82) is 0 Å². The molecule has 0 bridgehead atoms. The number of halogens is 2. The van der Waals surface area contributed by atoms with Gasteiger partial charge in [0, 0.05) is 11.5 Å². The van der Waals surface area contributed by atoms with E-state index in [-0.39, 0.29) is 0 Å². The zero-order chi connectivity index (χ0) is 8.55. The Morgan fingerprint density at radius 3 is 3.17 bits per heavy atom. The fraction of sp³-hybridized carbons (Fsp3) is 0.125. The van der Waals surface area contributed by atoms with Crippen LogP contribution in [0.2, 0.25) is 5.02 Å².